The number of phenols is 1. The van der Waals surface area contributed by atoms with E-state index >= 15 is 0 Å². The highest BCUT2D eigenvalue weighted by molar-refractivity contribution is 7.99. The van der Waals surface area contributed by atoms with Crippen LogP contribution in [0.2, 0.25) is 0 Å². The van der Waals surface area contributed by atoms with Crippen LogP contribution in [0, 0.1) is 0 Å². The Hall–Kier alpha value is -3.56. The van der Waals surface area contributed by atoms with Gasteiger partial charge in [0.2, 0.25) is 5.91 Å². The van der Waals surface area contributed by atoms with Gasteiger partial charge >= 0.3 is 0 Å². The van der Waals surface area contributed by atoms with Crippen LogP contribution in [0.15, 0.2) is 64.5 Å². The fraction of sp³-hybridized carbons (Fsp3) is 0.345. The summed E-state index contributed by atoms with van der Waals surface area (Å²) in [6, 6.07) is 17.1. The Kier molecular flexibility index (Phi) is 6.95. The molecule has 38 heavy (non-hydrogen) atoms. The highest BCUT2D eigenvalue weighted by Crippen LogP contribution is 2.37. The summed E-state index contributed by atoms with van der Waals surface area (Å²) < 4.78 is 1.53. The van der Waals surface area contributed by atoms with Crippen molar-refractivity contribution >= 4 is 28.6 Å². The minimum Gasteiger partial charge on any atom is -0.506 e. The van der Waals surface area contributed by atoms with Crippen molar-refractivity contribution in [1.29, 1.82) is 0 Å². The number of nitrogens with one attached hydrogen (secondary N) is 2. The van der Waals surface area contributed by atoms with Gasteiger partial charge in [-0.3, -0.25) is 14.2 Å². The van der Waals surface area contributed by atoms with Crippen molar-refractivity contribution in [2.24, 2.45) is 0 Å². The average Bonchev–Trinajstić information content (AvgIpc) is 3.32. The Morgan fingerprint density at radius 2 is 1.97 bits per heavy atom. The lowest BCUT2D eigenvalue weighted by Crippen LogP contribution is -2.42. The molecule has 2 aromatic carbocycles. The molecule has 1 aliphatic carbocycles. The normalized spacial score (nSPS) is 15.4. The number of amides is 1. The zero-order valence-corrected chi connectivity index (χ0v) is 22.0. The third-order valence-corrected chi connectivity index (χ3v) is 8.70. The van der Waals surface area contributed by atoms with Crippen LogP contribution in [-0.2, 0) is 24.3 Å². The SMILES string of the molecule is O=C(CCNCc1cc2ccccc2[nH]1)N1CCc2nc(SC3CCC3)n(-c3ccccc3O)c(=O)c2C1. The van der Waals surface area contributed by atoms with Crippen LogP contribution >= 0.6 is 11.8 Å². The molecule has 2 aliphatic rings. The molecule has 196 valence electrons. The molecule has 2 aromatic heterocycles. The van der Waals surface area contributed by atoms with Gasteiger partial charge in [-0.2, -0.15) is 0 Å². The first-order valence-corrected chi connectivity index (χ1v) is 14.1. The first-order chi connectivity index (χ1) is 18.6. The van der Waals surface area contributed by atoms with Gasteiger partial charge in [-0.05, 0) is 42.5 Å². The number of H-pyrrole nitrogens is 1. The van der Waals surface area contributed by atoms with Crippen molar-refractivity contribution in [2.75, 3.05) is 13.1 Å². The molecule has 0 unspecified atom stereocenters. The summed E-state index contributed by atoms with van der Waals surface area (Å²) in [5.74, 6) is 0.0535. The zero-order chi connectivity index (χ0) is 26.1. The maximum absolute atomic E-state index is 13.8. The maximum Gasteiger partial charge on any atom is 0.264 e. The van der Waals surface area contributed by atoms with E-state index in [2.05, 4.69) is 22.4 Å². The van der Waals surface area contributed by atoms with Gasteiger partial charge in [-0.1, -0.05) is 48.5 Å². The number of nitrogens with zero attached hydrogens (tertiary/aromatic N) is 3. The highest BCUT2D eigenvalue weighted by atomic mass is 32.2. The number of aromatic nitrogens is 3. The summed E-state index contributed by atoms with van der Waals surface area (Å²) in [6.45, 7) is 1.99. The average molecular weight is 530 g/mol. The number of aromatic hydroxyl groups is 1. The molecule has 1 saturated carbocycles. The Morgan fingerprint density at radius 3 is 2.76 bits per heavy atom. The van der Waals surface area contributed by atoms with Gasteiger partial charge in [-0.25, -0.2) is 4.98 Å². The van der Waals surface area contributed by atoms with E-state index in [4.69, 9.17) is 4.98 Å². The van der Waals surface area contributed by atoms with Gasteiger partial charge in [0.05, 0.1) is 23.5 Å². The Bertz CT molecular complexity index is 1510. The standard InChI is InChI=1S/C29H31N5O3S/c35-26-11-4-3-10-25(26)34-28(37)22-18-33(15-13-24(22)32-29(34)38-21-7-5-8-21)27(36)12-14-30-17-20-16-19-6-1-2-9-23(19)31-20/h1-4,6,9-11,16,21,30-31,35H,5,7-8,12-15,17-18H2. The number of rotatable bonds is 8. The number of thioether (sulfide) groups is 1. The van der Waals surface area contributed by atoms with Crippen molar-refractivity contribution < 1.29 is 9.90 Å². The maximum atomic E-state index is 13.8. The summed E-state index contributed by atoms with van der Waals surface area (Å²) >= 11 is 1.62. The molecular weight excluding hydrogens is 498 g/mol. The number of carbonyl (C=O) groups excluding carboxylic acids is 1. The molecule has 8 nitrogen and oxygen atoms in total. The van der Waals surface area contributed by atoms with Crippen LogP contribution in [0.1, 0.15) is 42.6 Å². The van der Waals surface area contributed by atoms with Crippen LogP contribution in [-0.4, -0.2) is 48.8 Å². The summed E-state index contributed by atoms with van der Waals surface area (Å²) in [5.41, 5.74) is 3.72. The number of hydrogen-bond donors (Lipinski definition) is 3. The smallest absolute Gasteiger partial charge is 0.264 e. The fourth-order valence-electron chi connectivity index (χ4n) is 5.06. The van der Waals surface area contributed by atoms with Gasteiger partial charge in [0.25, 0.3) is 5.56 Å². The molecule has 0 radical (unpaired) electrons. The predicted molar refractivity (Wildman–Crippen MR) is 149 cm³/mol. The highest BCUT2D eigenvalue weighted by Gasteiger charge is 2.29. The minimum absolute atomic E-state index is 0.0150. The number of phenolic OH excluding ortho intramolecular Hbond substituents is 1. The van der Waals surface area contributed by atoms with Crippen LogP contribution in [0.25, 0.3) is 16.6 Å². The minimum atomic E-state index is -0.201. The van der Waals surface area contributed by atoms with Gasteiger partial charge in [0.1, 0.15) is 5.75 Å². The molecule has 0 bridgehead atoms. The van der Waals surface area contributed by atoms with E-state index in [-0.39, 0.29) is 23.8 Å². The zero-order valence-electron chi connectivity index (χ0n) is 21.2. The van der Waals surface area contributed by atoms with E-state index in [0.717, 1.165) is 29.7 Å². The van der Waals surface area contributed by atoms with E-state index in [9.17, 15) is 14.7 Å². The van der Waals surface area contributed by atoms with Gasteiger partial charge < -0.3 is 20.3 Å². The molecule has 9 heteroatoms. The second-order valence-corrected chi connectivity index (χ2v) is 11.3. The van der Waals surface area contributed by atoms with Gasteiger partial charge in [0.15, 0.2) is 5.16 Å². The Balaban J connectivity index is 1.15. The number of para-hydroxylation sites is 3. The molecule has 1 fully saturated rings. The van der Waals surface area contributed by atoms with Crippen molar-refractivity contribution in [3.8, 4) is 11.4 Å². The van der Waals surface area contributed by atoms with E-state index < -0.39 is 0 Å². The molecule has 3 heterocycles. The second-order valence-electron chi connectivity index (χ2n) is 9.99. The lowest BCUT2D eigenvalue weighted by atomic mass is 10.0. The van der Waals surface area contributed by atoms with E-state index in [1.807, 2.05) is 18.2 Å². The molecule has 3 N–H and O–H groups in total. The molecular formula is C29H31N5O3S. The summed E-state index contributed by atoms with van der Waals surface area (Å²) in [6.07, 6.45) is 4.31. The van der Waals surface area contributed by atoms with E-state index in [1.165, 1.54) is 16.4 Å². The van der Waals surface area contributed by atoms with Crippen LogP contribution in [0.4, 0.5) is 0 Å². The number of hydrogen-bond acceptors (Lipinski definition) is 6. The van der Waals surface area contributed by atoms with E-state index in [0.29, 0.717) is 54.1 Å². The third-order valence-electron chi connectivity index (χ3n) is 7.42. The number of aromatic amines is 1. The van der Waals surface area contributed by atoms with Gasteiger partial charge in [0, 0.05) is 48.9 Å². The number of benzene rings is 2. The molecule has 1 aliphatic heterocycles. The summed E-state index contributed by atoms with van der Waals surface area (Å²) in [4.78, 5) is 36.9. The monoisotopic (exact) mass is 529 g/mol. The largest absolute Gasteiger partial charge is 0.506 e. The molecule has 0 saturated heterocycles. The van der Waals surface area contributed by atoms with Crippen molar-refractivity contribution in [3.63, 3.8) is 0 Å². The number of fused-ring (bicyclic) bond motifs is 2. The molecule has 6 rings (SSSR count). The van der Waals surface area contributed by atoms with Crippen LogP contribution in [0.5, 0.6) is 5.75 Å². The van der Waals surface area contributed by atoms with Crippen molar-refractivity contribution in [3.05, 3.63) is 81.9 Å². The first kappa shape index (κ1) is 24.8. The summed E-state index contributed by atoms with van der Waals surface area (Å²) in [7, 11) is 0. The third kappa shape index (κ3) is 4.96. The predicted octanol–water partition coefficient (Wildman–Crippen LogP) is 4.13. The molecule has 0 spiro atoms. The lowest BCUT2D eigenvalue weighted by Gasteiger charge is -2.30. The molecule has 0 atom stereocenters. The van der Waals surface area contributed by atoms with Crippen LogP contribution < -0.4 is 10.9 Å². The van der Waals surface area contributed by atoms with E-state index in [1.54, 1.807) is 40.9 Å². The Labute approximate surface area is 225 Å². The molecule has 4 aromatic rings. The fourth-order valence-corrected chi connectivity index (χ4v) is 6.37. The van der Waals surface area contributed by atoms with Crippen molar-refractivity contribution in [1.82, 2.24) is 24.8 Å². The lowest BCUT2D eigenvalue weighted by molar-refractivity contribution is -0.132. The van der Waals surface area contributed by atoms with Crippen molar-refractivity contribution in [2.45, 2.75) is 55.6 Å². The van der Waals surface area contributed by atoms with Gasteiger partial charge in [-0.15, -0.1) is 0 Å². The second kappa shape index (κ2) is 10.7. The Morgan fingerprint density at radius 1 is 1.16 bits per heavy atom. The summed E-state index contributed by atoms with van der Waals surface area (Å²) in [5, 5.41) is 16.1. The topological polar surface area (TPSA) is 103 Å². The van der Waals surface area contributed by atoms with Crippen LogP contribution in [0.3, 0.4) is 0 Å². The molecule has 1 amide bonds. The number of carbonyl (C=O) groups is 1. The first-order valence-electron chi connectivity index (χ1n) is 13.2. The quantitative estimate of drug-likeness (QED) is 0.234.